The number of rotatable bonds is 28. The first-order valence-corrected chi connectivity index (χ1v) is 12.3. The predicted octanol–water partition coefficient (Wildman–Crippen LogP) is -0.218. The van der Waals surface area contributed by atoms with Gasteiger partial charge >= 0.3 is 0 Å². The molecule has 0 aliphatic heterocycles. The average molecular weight is 511 g/mol. The summed E-state index contributed by atoms with van der Waals surface area (Å²) in [7, 11) is 1.63. The summed E-state index contributed by atoms with van der Waals surface area (Å²) in [6.45, 7) is 9.46. The van der Waals surface area contributed by atoms with Gasteiger partial charge in [-0.3, -0.25) is 9.59 Å². The van der Waals surface area contributed by atoms with E-state index in [0.29, 0.717) is 92.4 Å². The van der Waals surface area contributed by atoms with Crippen LogP contribution in [0.2, 0.25) is 0 Å². The SMILES string of the molecule is CCCOCCOCCOCC(=O)NCCOCCC(=O)NCCOCCOCCOCCOC. The van der Waals surface area contributed by atoms with Gasteiger partial charge in [-0.25, -0.2) is 0 Å². The summed E-state index contributed by atoms with van der Waals surface area (Å²) in [6.07, 6.45) is 1.23. The molecule has 0 atom stereocenters. The first-order valence-electron chi connectivity index (χ1n) is 12.3. The van der Waals surface area contributed by atoms with Crippen molar-refractivity contribution in [3.8, 4) is 0 Å². The number of carbonyl (C=O) groups is 2. The van der Waals surface area contributed by atoms with Crippen molar-refractivity contribution in [1.82, 2.24) is 10.6 Å². The zero-order valence-corrected chi connectivity index (χ0v) is 21.5. The van der Waals surface area contributed by atoms with Gasteiger partial charge in [-0.1, -0.05) is 6.92 Å². The van der Waals surface area contributed by atoms with E-state index < -0.39 is 0 Å². The summed E-state index contributed by atoms with van der Waals surface area (Å²) in [6, 6.07) is 0. The van der Waals surface area contributed by atoms with Crippen LogP contribution in [0.5, 0.6) is 0 Å². The topological polar surface area (TPSA) is 132 Å². The van der Waals surface area contributed by atoms with E-state index >= 15 is 0 Å². The largest absolute Gasteiger partial charge is 0.382 e. The molecule has 0 saturated heterocycles. The minimum Gasteiger partial charge on any atom is -0.382 e. The predicted molar refractivity (Wildman–Crippen MR) is 129 cm³/mol. The number of nitrogens with one attached hydrogen (secondary N) is 2. The molecule has 0 spiro atoms. The van der Waals surface area contributed by atoms with Crippen molar-refractivity contribution in [2.24, 2.45) is 0 Å². The third kappa shape index (κ3) is 28.7. The van der Waals surface area contributed by atoms with Crippen molar-refractivity contribution in [1.29, 1.82) is 0 Å². The van der Waals surface area contributed by atoms with E-state index in [1.54, 1.807) is 7.11 Å². The van der Waals surface area contributed by atoms with Crippen LogP contribution in [0, 0.1) is 0 Å². The Morgan fingerprint density at radius 1 is 0.514 bits per heavy atom. The highest BCUT2D eigenvalue weighted by molar-refractivity contribution is 5.77. The van der Waals surface area contributed by atoms with Crippen LogP contribution in [0.1, 0.15) is 19.8 Å². The Morgan fingerprint density at radius 3 is 1.49 bits per heavy atom. The smallest absolute Gasteiger partial charge is 0.246 e. The van der Waals surface area contributed by atoms with Crippen LogP contribution in [0.3, 0.4) is 0 Å². The Balaban J connectivity index is 3.26. The lowest BCUT2D eigenvalue weighted by Gasteiger charge is -2.09. The molecule has 0 saturated carbocycles. The summed E-state index contributed by atoms with van der Waals surface area (Å²) >= 11 is 0. The summed E-state index contributed by atoms with van der Waals surface area (Å²) in [4.78, 5) is 23.4. The van der Waals surface area contributed by atoms with E-state index in [9.17, 15) is 9.59 Å². The number of hydrogen-bond acceptors (Lipinski definition) is 10. The maximum Gasteiger partial charge on any atom is 0.246 e. The van der Waals surface area contributed by atoms with Gasteiger partial charge in [-0.05, 0) is 6.42 Å². The van der Waals surface area contributed by atoms with Gasteiger partial charge in [0.25, 0.3) is 0 Å². The molecular formula is C23H46N2O10. The molecule has 0 fully saturated rings. The molecule has 2 N–H and O–H groups in total. The van der Waals surface area contributed by atoms with Crippen molar-refractivity contribution in [2.45, 2.75) is 19.8 Å². The van der Waals surface area contributed by atoms with E-state index in [4.69, 9.17) is 37.9 Å². The molecule has 0 aromatic heterocycles. The van der Waals surface area contributed by atoms with E-state index in [2.05, 4.69) is 17.6 Å². The van der Waals surface area contributed by atoms with Crippen molar-refractivity contribution in [3.63, 3.8) is 0 Å². The standard InChI is InChI=1S/C23H46N2O10/c1-3-7-29-13-15-34-19-20-35-21-23(27)25-6-9-30-8-4-22(26)24-5-10-31-14-16-33-18-17-32-12-11-28-2/h3-21H2,1-2H3,(H,24,26)(H,25,27). The third-order valence-electron chi connectivity index (χ3n) is 4.11. The summed E-state index contributed by atoms with van der Waals surface area (Å²) in [5, 5.41) is 5.44. The number of carbonyl (C=O) groups excluding carboxylic acids is 2. The second-order valence-corrected chi connectivity index (χ2v) is 7.17. The zero-order chi connectivity index (χ0) is 25.7. The first kappa shape index (κ1) is 33.6. The fourth-order valence-electron chi connectivity index (χ4n) is 2.36. The van der Waals surface area contributed by atoms with Crippen LogP contribution in [0.25, 0.3) is 0 Å². The highest BCUT2D eigenvalue weighted by Crippen LogP contribution is 1.86. The van der Waals surface area contributed by atoms with Crippen LogP contribution in [0.15, 0.2) is 0 Å². The Kier molecular flexibility index (Phi) is 27.7. The molecule has 12 heteroatoms. The van der Waals surface area contributed by atoms with Gasteiger partial charge in [0.2, 0.25) is 11.8 Å². The van der Waals surface area contributed by atoms with Gasteiger partial charge in [-0.2, -0.15) is 0 Å². The zero-order valence-electron chi connectivity index (χ0n) is 21.5. The van der Waals surface area contributed by atoms with E-state index in [1.165, 1.54) is 0 Å². The van der Waals surface area contributed by atoms with E-state index in [0.717, 1.165) is 13.0 Å². The summed E-state index contributed by atoms with van der Waals surface area (Å²) < 4.78 is 42.1. The Bertz CT molecular complexity index is 472. The lowest BCUT2D eigenvalue weighted by molar-refractivity contribution is -0.127. The molecule has 0 rings (SSSR count). The van der Waals surface area contributed by atoms with Crippen molar-refractivity contribution in [2.75, 3.05) is 119 Å². The van der Waals surface area contributed by atoms with Crippen LogP contribution in [0.4, 0.5) is 0 Å². The fourth-order valence-corrected chi connectivity index (χ4v) is 2.36. The van der Waals surface area contributed by atoms with Gasteiger partial charge in [-0.15, -0.1) is 0 Å². The van der Waals surface area contributed by atoms with Crippen molar-refractivity contribution in [3.05, 3.63) is 0 Å². The number of hydrogen-bond donors (Lipinski definition) is 2. The maximum atomic E-state index is 11.7. The summed E-state index contributed by atoms with van der Waals surface area (Å²) in [5.41, 5.74) is 0. The quantitative estimate of drug-likeness (QED) is 0.136. The normalized spacial score (nSPS) is 11.0. The van der Waals surface area contributed by atoms with E-state index in [-0.39, 0.29) is 31.4 Å². The highest BCUT2D eigenvalue weighted by Gasteiger charge is 2.03. The molecular weight excluding hydrogens is 464 g/mol. The minimum absolute atomic E-state index is 0.0321. The van der Waals surface area contributed by atoms with E-state index in [1.807, 2.05) is 0 Å². The van der Waals surface area contributed by atoms with Crippen LogP contribution >= 0.6 is 0 Å². The highest BCUT2D eigenvalue weighted by atomic mass is 16.6. The first-order chi connectivity index (χ1) is 17.2. The molecule has 208 valence electrons. The molecule has 0 aromatic carbocycles. The Morgan fingerprint density at radius 2 is 0.943 bits per heavy atom. The third-order valence-corrected chi connectivity index (χ3v) is 4.11. The lowest BCUT2D eigenvalue weighted by atomic mass is 10.4. The average Bonchev–Trinajstić information content (AvgIpc) is 2.85. The molecule has 0 unspecified atom stereocenters. The molecule has 0 aromatic rings. The van der Waals surface area contributed by atoms with Gasteiger partial charge in [0.1, 0.15) is 6.61 Å². The number of methoxy groups -OCH3 is 1. The molecule has 35 heavy (non-hydrogen) atoms. The maximum absolute atomic E-state index is 11.7. The molecule has 0 bridgehead atoms. The summed E-state index contributed by atoms with van der Waals surface area (Å²) in [5.74, 6) is -0.340. The lowest BCUT2D eigenvalue weighted by Crippen LogP contribution is -2.32. The van der Waals surface area contributed by atoms with Crippen molar-refractivity contribution >= 4 is 11.8 Å². The molecule has 0 radical (unpaired) electrons. The van der Waals surface area contributed by atoms with Crippen LogP contribution in [-0.2, 0) is 47.5 Å². The molecule has 0 aliphatic rings. The van der Waals surface area contributed by atoms with Crippen LogP contribution in [-0.4, -0.2) is 131 Å². The molecule has 2 amide bonds. The second-order valence-electron chi connectivity index (χ2n) is 7.17. The van der Waals surface area contributed by atoms with Gasteiger partial charge in [0.05, 0.1) is 85.9 Å². The van der Waals surface area contributed by atoms with Gasteiger partial charge in [0, 0.05) is 33.2 Å². The second kappa shape index (κ2) is 28.9. The minimum atomic E-state index is -0.224. The van der Waals surface area contributed by atoms with Crippen molar-refractivity contribution < 1.29 is 47.5 Å². The van der Waals surface area contributed by atoms with Crippen LogP contribution < -0.4 is 10.6 Å². The molecule has 0 aliphatic carbocycles. The monoisotopic (exact) mass is 510 g/mol. The fraction of sp³-hybridized carbons (Fsp3) is 0.913. The Labute approximate surface area is 209 Å². The molecule has 12 nitrogen and oxygen atoms in total. The Hall–Kier alpha value is -1.38. The molecule has 0 heterocycles. The number of amides is 2. The number of ether oxygens (including phenoxy) is 8. The van der Waals surface area contributed by atoms with Gasteiger partial charge in [0.15, 0.2) is 0 Å². The van der Waals surface area contributed by atoms with Gasteiger partial charge < -0.3 is 48.5 Å².